The number of alkyl halides is 2. The molecule has 0 heterocycles. The van der Waals surface area contributed by atoms with Gasteiger partial charge in [-0.25, -0.2) is 9.59 Å². The van der Waals surface area contributed by atoms with Gasteiger partial charge in [-0.3, -0.25) is 0 Å². The van der Waals surface area contributed by atoms with E-state index in [9.17, 15) is 9.59 Å². The van der Waals surface area contributed by atoms with Crippen LogP contribution in [0.2, 0.25) is 0 Å². The zero-order chi connectivity index (χ0) is 16.5. The summed E-state index contributed by atoms with van der Waals surface area (Å²) in [6.45, 7) is 4.63. The Morgan fingerprint density at radius 1 is 0.909 bits per heavy atom. The molecular weight excluding hydrogens is 327 g/mol. The lowest BCUT2D eigenvalue weighted by Gasteiger charge is -2.26. The number of hydrogen-bond acceptors (Lipinski definition) is 4. The summed E-state index contributed by atoms with van der Waals surface area (Å²) >= 11 is 12.5. The Balaban J connectivity index is 2.91. The van der Waals surface area contributed by atoms with Crippen molar-refractivity contribution in [2.24, 2.45) is 0 Å². The molecule has 22 heavy (non-hydrogen) atoms. The standard InChI is InChI=1S/C16H24Cl2O4/c1-3-5-9-21-15(19)13-11(17)7-8-12(18)14(13)16(20)22-10-6-4-2/h11-12H,3-10H2,1-2H3. The van der Waals surface area contributed by atoms with Gasteiger partial charge in [0.05, 0.1) is 35.1 Å². The lowest BCUT2D eigenvalue weighted by molar-refractivity contribution is -0.142. The molecule has 4 nitrogen and oxygen atoms in total. The largest absolute Gasteiger partial charge is 0.462 e. The molecule has 0 fully saturated rings. The van der Waals surface area contributed by atoms with Crippen LogP contribution in [-0.2, 0) is 19.1 Å². The van der Waals surface area contributed by atoms with Gasteiger partial charge in [0.25, 0.3) is 0 Å². The molecule has 0 saturated carbocycles. The third-order valence-electron chi connectivity index (χ3n) is 3.49. The van der Waals surface area contributed by atoms with Gasteiger partial charge in [0, 0.05) is 0 Å². The summed E-state index contributed by atoms with van der Waals surface area (Å²) in [5, 5.41) is -1.12. The van der Waals surface area contributed by atoms with Crippen molar-refractivity contribution in [2.45, 2.75) is 63.1 Å². The lowest BCUT2D eigenvalue weighted by atomic mass is 9.90. The normalized spacial score (nSPS) is 21.6. The summed E-state index contributed by atoms with van der Waals surface area (Å²) in [6.07, 6.45) is 4.46. The van der Waals surface area contributed by atoms with Gasteiger partial charge >= 0.3 is 11.9 Å². The molecular formula is C16H24Cl2O4. The molecule has 0 amide bonds. The van der Waals surface area contributed by atoms with Crippen molar-refractivity contribution in [3.63, 3.8) is 0 Å². The maximum atomic E-state index is 12.2. The summed E-state index contributed by atoms with van der Waals surface area (Å²) in [6, 6.07) is 0. The highest BCUT2D eigenvalue weighted by atomic mass is 35.5. The number of unbranched alkanes of at least 4 members (excludes halogenated alkanes) is 2. The van der Waals surface area contributed by atoms with Gasteiger partial charge in [-0.1, -0.05) is 26.7 Å². The zero-order valence-corrected chi connectivity index (χ0v) is 14.7. The van der Waals surface area contributed by atoms with Gasteiger partial charge < -0.3 is 9.47 Å². The number of esters is 2. The van der Waals surface area contributed by atoms with Crippen molar-refractivity contribution < 1.29 is 19.1 Å². The highest BCUT2D eigenvalue weighted by Crippen LogP contribution is 2.34. The lowest BCUT2D eigenvalue weighted by Crippen LogP contribution is -2.31. The third kappa shape index (κ3) is 5.47. The Morgan fingerprint density at radius 3 is 1.59 bits per heavy atom. The van der Waals surface area contributed by atoms with Gasteiger partial charge in [-0.15, -0.1) is 23.2 Å². The molecule has 6 heteroatoms. The second-order valence-electron chi connectivity index (χ2n) is 5.32. The summed E-state index contributed by atoms with van der Waals surface area (Å²) in [5.41, 5.74) is 0.344. The van der Waals surface area contributed by atoms with Gasteiger partial charge in [0.2, 0.25) is 0 Å². The van der Waals surface area contributed by atoms with Crippen LogP contribution >= 0.6 is 23.2 Å². The molecule has 1 aliphatic rings. The zero-order valence-electron chi connectivity index (χ0n) is 13.2. The first-order valence-electron chi connectivity index (χ1n) is 7.89. The van der Waals surface area contributed by atoms with E-state index in [4.69, 9.17) is 32.7 Å². The van der Waals surface area contributed by atoms with Gasteiger partial charge in [0.1, 0.15) is 0 Å². The van der Waals surface area contributed by atoms with Crippen LogP contribution in [-0.4, -0.2) is 35.9 Å². The van der Waals surface area contributed by atoms with E-state index < -0.39 is 22.7 Å². The maximum absolute atomic E-state index is 12.2. The van der Waals surface area contributed by atoms with Gasteiger partial charge in [0.15, 0.2) is 0 Å². The number of hydrogen-bond donors (Lipinski definition) is 0. The topological polar surface area (TPSA) is 52.6 Å². The Bertz CT molecular complexity index is 382. The van der Waals surface area contributed by atoms with Crippen LogP contribution in [0.15, 0.2) is 11.1 Å². The van der Waals surface area contributed by atoms with Crippen molar-refractivity contribution in [3.05, 3.63) is 11.1 Å². The van der Waals surface area contributed by atoms with Gasteiger partial charge in [-0.05, 0) is 25.7 Å². The molecule has 0 aromatic heterocycles. The molecule has 0 aromatic rings. The molecule has 0 radical (unpaired) electrons. The van der Waals surface area contributed by atoms with Crippen LogP contribution < -0.4 is 0 Å². The first kappa shape index (κ1) is 19.3. The molecule has 0 aromatic carbocycles. The molecule has 0 N–H and O–H groups in total. The van der Waals surface area contributed by atoms with Crippen molar-refractivity contribution in [3.8, 4) is 0 Å². The molecule has 1 aliphatic carbocycles. The molecule has 2 unspecified atom stereocenters. The quantitative estimate of drug-likeness (QED) is 0.377. The second kappa shape index (κ2) is 10.1. The number of ether oxygens (including phenoxy) is 2. The average Bonchev–Trinajstić information content (AvgIpc) is 2.49. The fourth-order valence-electron chi connectivity index (χ4n) is 2.17. The molecule has 0 saturated heterocycles. The molecule has 0 aliphatic heterocycles. The number of rotatable bonds is 8. The van der Waals surface area contributed by atoms with Crippen LogP contribution in [0.5, 0.6) is 0 Å². The molecule has 126 valence electrons. The van der Waals surface area contributed by atoms with E-state index in [1.807, 2.05) is 13.8 Å². The third-order valence-corrected chi connectivity index (χ3v) is 4.36. The molecule has 1 rings (SSSR count). The van der Waals surface area contributed by atoms with Crippen LogP contribution in [0.3, 0.4) is 0 Å². The predicted molar refractivity (Wildman–Crippen MR) is 87.3 cm³/mol. The minimum atomic E-state index is -0.558. The fourth-order valence-corrected chi connectivity index (χ4v) is 2.83. The number of carbonyl (C=O) groups is 2. The summed E-state index contributed by atoms with van der Waals surface area (Å²) in [5.74, 6) is -1.11. The summed E-state index contributed by atoms with van der Waals surface area (Å²) in [7, 11) is 0. The van der Waals surface area contributed by atoms with E-state index in [2.05, 4.69) is 0 Å². The van der Waals surface area contributed by atoms with Crippen LogP contribution in [0.1, 0.15) is 52.4 Å². The minimum absolute atomic E-state index is 0.172. The van der Waals surface area contributed by atoms with Crippen LogP contribution in [0.4, 0.5) is 0 Å². The predicted octanol–water partition coefficient (Wildman–Crippen LogP) is 3.98. The van der Waals surface area contributed by atoms with Crippen LogP contribution in [0, 0.1) is 0 Å². The first-order valence-corrected chi connectivity index (χ1v) is 8.76. The molecule has 0 bridgehead atoms. The van der Waals surface area contributed by atoms with Crippen molar-refractivity contribution >= 4 is 35.1 Å². The Morgan fingerprint density at radius 2 is 1.27 bits per heavy atom. The highest BCUT2D eigenvalue weighted by molar-refractivity contribution is 6.30. The fraction of sp³-hybridized carbons (Fsp3) is 0.750. The number of carbonyl (C=O) groups excluding carboxylic acids is 2. The summed E-state index contributed by atoms with van der Waals surface area (Å²) in [4.78, 5) is 24.5. The second-order valence-corrected chi connectivity index (χ2v) is 6.37. The van der Waals surface area contributed by atoms with Crippen molar-refractivity contribution in [1.82, 2.24) is 0 Å². The minimum Gasteiger partial charge on any atom is -0.462 e. The van der Waals surface area contributed by atoms with E-state index in [0.717, 1.165) is 25.7 Å². The smallest absolute Gasteiger partial charge is 0.336 e. The van der Waals surface area contributed by atoms with E-state index in [1.165, 1.54) is 0 Å². The first-order chi connectivity index (χ1) is 10.5. The SMILES string of the molecule is CCCCOC(=O)C1=C(C(=O)OCCCC)C(Cl)CCC1Cl. The van der Waals surface area contributed by atoms with Crippen molar-refractivity contribution in [2.75, 3.05) is 13.2 Å². The highest BCUT2D eigenvalue weighted by Gasteiger charge is 2.37. The maximum Gasteiger partial charge on any atom is 0.336 e. The Labute approximate surface area is 142 Å². The average molecular weight is 351 g/mol. The Kier molecular flexibility index (Phi) is 8.88. The molecule has 0 spiro atoms. The molecule has 2 atom stereocenters. The van der Waals surface area contributed by atoms with Gasteiger partial charge in [-0.2, -0.15) is 0 Å². The Hall–Kier alpha value is -0.740. The van der Waals surface area contributed by atoms with E-state index in [1.54, 1.807) is 0 Å². The van der Waals surface area contributed by atoms with E-state index in [0.29, 0.717) is 26.1 Å². The summed E-state index contributed by atoms with van der Waals surface area (Å²) < 4.78 is 10.4. The number of halogens is 2. The van der Waals surface area contributed by atoms with E-state index in [-0.39, 0.29) is 11.1 Å². The monoisotopic (exact) mass is 350 g/mol. The van der Waals surface area contributed by atoms with Crippen LogP contribution in [0.25, 0.3) is 0 Å². The van der Waals surface area contributed by atoms with Crippen molar-refractivity contribution in [1.29, 1.82) is 0 Å². The van der Waals surface area contributed by atoms with E-state index >= 15 is 0 Å².